The standard InChI is InChI=1S/2C20H39N7O12.3H2O4S.3H2O/c2*1-4-20(35,3-28)14(38-16-7(25-2)10(31)12(33)15(34)39-16)17(36-4)37-13-6(27-19(23)24)8(29)5(26-18(21)22)9(30)11(13)32;3*1-5(2,3)4;;;/h2*4-17,25,28-35H,3H2,1-2H3,(H4,21,22,26)(H4,23,24,27);3*(H2,1,2,3,4);3*1H2/t2*4?,5?,6?,7?,8?,9?,10?,11?,12?,13?,14?,15?,16?,17?,20-;;;;;;/m11....../s1. The molecule has 28 unspecified atom stereocenters. The SMILES string of the molecule is CNC1C(OC2C(OC3C(O)C(O)C(N=C(N)N)C(O)C3N=C(N)N)OC(C)[C@]2(O)CO)OC(O)C(O)C1O.CNC1C(OC2C(OC3C(O)C(O)C(N=C(N)N)C(O)C3N=C(N)N)OC(C)[C@]2(O)CO)OC(O)C(O)C1O.O.O.O.O=S(=O)(O)O.O=S(=O)(O)O.O=S(=O)(O)O. The second-order valence-corrected chi connectivity index (χ2v) is 23.4. The summed E-state index contributed by atoms with van der Waals surface area (Å²) in [6, 6.07) is -8.13. The summed E-state index contributed by atoms with van der Waals surface area (Å²) in [5, 5.41) is 173. The van der Waals surface area contributed by atoms with Crippen molar-refractivity contribution < 1.29 is 189 Å². The van der Waals surface area contributed by atoms with Crippen LogP contribution in [0.15, 0.2) is 20.0 Å². The molecule has 0 amide bonds. The Balaban J connectivity index is 0. The molecule has 4 saturated heterocycles. The van der Waals surface area contributed by atoms with Crippen LogP contribution in [-0.4, -0.2) is 385 Å². The predicted molar refractivity (Wildman–Crippen MR) is 312 cm³/mol. The molecule has 96 heavy (non-hydrogen) atoms. The molecule has 0 bridgehead atoms. The molecular weight excluding hydrogens is 1400 g/mol. The summed E-state index contributed by atoms with van der Waals surface area (Å²) in [6.45, 7) is 0.908. The van der Waals surface area contributed by atoms with Gasteiger partial charge >= 0.3 is 31.2 Å². The number of aliphatic hydroxyl groups excluding tert-OH is 14. The van der Waals surface area contributed by atoms with Crippen LogP contribution in [0.3, 0.4) is 0 Å². The summed E-state index contributed by atoms with van der Waals surface area (Å²) in [5.41, 5.74) is 39.2. The third-order valence-electron chi connectivity index (χ3n) is 14.4. The van der Waals surface area contributed by atoms with Crippen molar-refractivity contribution >= 4 is 55.0 Å². The number of aliphatic imine (C=N–C) groups is 4. The molecule has 0 spiro atoms. The zero-order valence-corrected chi connectivity index (χ0v) is 52.7. The molecule has 0 radical (unpaired) electrons. The van der Waals surface area contributed by atoms with Crippen molar-refractivity contribution in [2.45, 2.75) is 197 Å². The Kier molecular flexibility index (Phi) is 37.4. The lowest BCUT2D eigenvalue weighted by Gasteiger charge is -2.45. The molecule has 0 aromatic carbocycles. The predicted octanol–water partition coefficient (Wildman–Crippen LogP) is -21.3. The number of likely N-dealkylation sites (N-methyl/N-ethyl adjacent to an activating group) is 2. The average molecular weight is 1490 g/mol. The fourth-order valence-electron chi connectivity index (χ4n) is 9.87. The van der Waals surface area contributed by atoms with E-state index in [1.165, 1.54) is 27.9 Å². The summed E-state index contributed by atoms with van der Waals surface area (Å²) >= 11 is 0. The molecule has 6 rings (SSSR count). The number of nitrogens with one attached hydrogen (secondary N) is 2. The fourth-order valence-corrected chi connectivity index (χ4v) is 9.87. The third kappa shape index (κ3) is 25.6. The minimum absolute atomic E-state index is 0. The minimum atomic E-state index is -4.67. The van der Waals surface area contributed by atoms with Crippen LogP contribution < -0.4 is 56.5 Å². The van der Waals surface area contributed by atoms with Crippen LogP contribution in [0.1, 0.15) is 13.8 Å². The Morgan fingerprint density at radius 1 is 0.396 bits per heavy atom. The van der Waals surface area contributed by atoms with Gasteiger partial charge in [-0.1, -0.05) is 0 Å². The Bertz CT molecular complexity index is 2590. The van der Waals surface area contributed by atoms with Crippen LogP contribution in [0, 0.1) is 0 Å². The lowest BCUT2D eigenvalue weighted by atomic mass is 9.81. The van der Waals surface area contributed by atoms with E-state index >= 15 is 0 Å². The van der Waals surface area contributed by atoms with E-state index in [0.717, 1.165) is 0 Å². The van der Waals surface area contributed by atoms with Gasteiger partial charge < -0.3 is 193 Å². The normalized spacial score (nSPS) is 41.2. The molecule has 2 aliphatic carbocycles. The summed E-state index contributed by atoms with van der Waals surface area (Å²) in [5.74, 6) is -2.03. The molecule has 53 nitrogen and oxygen atoms in total. The van der Waals surface area contributed by atoms with E-state index in [4.69, 9.17) is 136 Å². The van der Waals surface area contributed by atoms with Crippen molar-refractivity contribution in [3.8, 4) is 0 Å². The summed E-state index contributed by atoms with van der Waals surface area (Å²) in [4.78, 5) is 15.3. The number of nitrogens with two attached hydrogens (primary N) is 8. The second kappa shape index (κ2) is 38.4. The largest absolute Gasteiger partial charge is 0.412 e. The van der Waals surface area contributed by atoms with Gasteiger partial charge in [0.2, 0.25) is 0 Å². The monoisotopic (exact) mass is 1490 g/mol. The van der Waals surface area contributed by atoms with Crippen LogP contribution in [0.5, 0.6) is 0 Å². The van der Waals surface area contributed by atoms with Crippen molar-refractivity contribution in [3.05, 3.63) is 0 Å². The van der Waals surface area contributed by atoms with Gasteiger partial charge in [-0.05, 0) is 27.9 Å². The van der Waals surface area contributed by atoms with Gasteiger partial charge in [-0.2, -0.15) is 25.3 Å². The lowest BCUT2D eigenvalue weighted by molar-refractivity contribution is -0.346. The maximum absolute atomic E-state index is 11.2. The van der Waals surface area contributed by atoms with Crippen LogP contribution in [-0.2, 0) is 69.1 Å². The van der Waals surface area contributed by atoms with E-state index in [1.54, 1.807) is 0 Å². The van der Waals surface area contributed by atoms with E-state index in [1.807, 2.05) is 0 Å². The van der Waals surface area contributed by atoms with Crippen molar-refractivity contribution in [2.24, 2.45) is 65.8 Å². The van der Waals surface area contributed by atoms with Crippen LogP contribution in [0.25, 0.3) is 0 Å². The molecule has 4 aliphatic heterocycles. The molecule has 0 aromatic rings. The first-order chi connectivity index (χ1) is 42.3. The Hall–Kier alpha value is -4.47. The summed E-state index contributed by atoms with van der Waals surface area (Å²) < 4.78 is 140. The molecule has 4 heterocycles. The van der Waals surface area contributed by atoms with E-state index in [9.17, 15) is 81.7 Å². The number of rotatable bonds is 16. The molecule has 46 N–H and O–H groups in total. The number of ether oxygens (including phenoxy) is 8. The zero-order chi connectivity index (χ0) is 72.3. The van der Waals surface area contributed by atoms with Crippen LogP contribution in [0.2, 0.25) is 0 Å². The highest BCUT2D eigenvalue weighted by Crippen LogP contribution is 2.41. The van der Waals surface area contributed by atoms with Gasteiger partial charge in [0.15, 0.2) is 61.6 Å². The van der Waals surface area contributed by atoms with Gasteiger partial charge in [-0.15, -0.1) is 0 Å². The van der Waals surface area contributed by atoms with E-state index in [0.29, 0.717) is 0 Å². The molecule has 572 valence electrons. The van der Waals surface area contributed by atoms with Gasteiger partial charge in [-0.25, -0.2) is 20.0 Å². The second-order valence-electron chi connectivity index (χ2n) is 20.8. The first-order valence-corrected chi connectivity index (χ1v) is 30.4. The zero-order valence-electron chi connectivity index (χ0n) is 50.3. The molecule has 6 aliphatic rings. The highest BCUT2D eigenvalue weighted by molar-refractivity contribution is 7.80. The van der Waals surface area contributed by atoms with Crippen molar-refractivity contribution in [1.29, 1.82) is 0 Å². The molecule has 6 fully saturated rings. The number of hydrogen-bond acceptors (Lipinski definition) is 36. The summed E-state index contributed by atoms with van der Waals surface area (Å²) in [6.07, 6.45) is -36.0. The first kappa shape index (κ1) is 93.6. The van der Waals surface area contributed by atoms with Gasteiger partial charge in [0.1, 0.15) is 121 Å². The van der Waals surface area contributed by atoms with Crippen molar-refractivity contribution in [3.63, 3.8) is 0 Å². The highest BCUT2D eigenvalue weighted by atomic mass is 32.3. The Morgan fingerprint density at radius 3 is 0.854 bits per heavy atom. The third-order valence-corrected chi connectivity index (χ3v) is 14.4. The molecule has 0 aromatic heterocycles. The average Bonchev–Trinajstić information content (AvgIpc) is 1.41. The smallest absolute Gasteiger partial charge is 0.394 e. The highest BCUT2D eigenvalue weighted by Gasteiger charge is 2.63. The molecule has 2 saturated carbocycles. The van der Waals surface area contributed by atoms with E-state index < -0.39 is 251 Å². The van der Waals surface area contributed by atoms with Gasteiger partial charge in [-0.3, -0.25) is 27.3 Å². The number of guanidine groups is 4. The quantitative estimate of drug-likeness (QED) is 0.0388. The molecular formula is C40H90N14O39S3. The number of hydrogen-bond donors (Lipinski definition) is 32. The van der Waals surface area contributed by atoms with Gasteiger partial charge in [0.05, 0.1) is 37.5 Å². The maximum atomic E-state index is 11.2. The topological polar surface area (TPSA) is 997 Å². The van der Waals surface area contributed by atoms with E-state index in [2.05, 4.69) is 30.6 Å². The Labute approximate surface area is 542 Å². The van der Waals surface area contributed by atoms with Crippen molar-refractivity contribution in [2.75, 3.05) is 27.3 Å². The molecule has 30 atom stereocenters. The maximum Gasteiger partial charge on any atom is 0.394 e. The Morgan fingerprint density at radius 2 is 0.635 bits per heavy atom. The first-order valence-electron chi connectivity index (χ1n) is 26.2. The van der Waals surface area contributed by atoms with Crippen LogP contribution >= 0.6 is 0 Å². The summed E-state index contributed by atoms with van der Waals surface area (Å²) in [7, 11) is -11.2. The number of aliphatic hydroxyl groups is 16. The van der Waals surface area contributed by atoms with Gasteiger partial charge in [0, 0.05) is 0 Å². The number of nitrogens with zero attached hydrogens (tertiary/aromatic N) is 4. The van der Waals surface area contributed by atoms with E-state index in [-0.39, 0.29) is 16.4 Å². The lowest BCUT2D eigenvalue weighted by Crippen LogP contribution is -2.66. The van der Waals surface area contributed by atoms with Crippen LogP contribution in [0.4, 0.5) is 0 Å². The fraction of sp³-hybridized carbons (Fsp3) is 0.900. The molecule has 56 heteroatoms. The minimum Gasteiger partial charge on any atom is -0.412 e. The van der Waals surface area contributed by atoms with Crippen molar-refractivity contribution in [1.82, 2.24) is 10.6 Å². The van der Waals surface area contributed by atoms with Gasteiger partial charge in [0.25, 0.3) is 0 Å².